The third kappa shape index (κ3) is 2.96. The minimum Gasteiger partial charge on any atom is -0.279 e. The molecule has 2 aromatic carbocycles. The zero-order valence-corrected chi connectivity index (χ0v) is 11.8. The van der Waals surface area contributed by atoms with Crippen LogP contribution in [0.15, 0.2) is 41.3 Å². The van der Waals surface area contributed by atoms with Gasteiger partial charge in [0.25, 0.3) is 10.0 Å². The second-order valence-electron chi connectivity index (χ2n) is 4.47. The van der Waals surface area contributed by atoms with Crippen molar-refractivity contribution in [1.29, 1.82) is 0 Å². The summed E-state index contributed by atoms with van der Waals surface area (Å²) in [6.45, 7) is 3.16. The van der Waals surface area contributed by atoms with Crippen LogP contribution in [0, 0.1) is 25.5 Å². The fraction of sp³-hybridized carbons (Fsp3) is 0.143. The van der Waals surface area contributed by atoms with Gasteiger partial charge < -0.3 is 0 Å². The van der Waals surface area contributed by atoms with Crippen LogP contribution in [0.5, 0.6) is 0 Å². The Morgan fingerprint density at radius 2 is 1.50 bits per heavy atom. The molecule has 3 nitrogen and oxygen atoms in total. The van der Waals surface area contributed by atoms with Crippen molar-refractivity contribution < 1.29 is 17.2 Å². The Labute approximate surface area is 116 Å². The number of anilines is 1. The lowest BCUT2D eigenvalue weighted by molar-refractivity contribution is 0.598. The number of halogens is 2. The number of benzene rings is 2. The molecule has 0 aliphatic rings. The molecule has 0 fully saturated rings. The molecule has 0 radical (unpaired) electrons. The molecule has 0 bridgehead atoms. The SMILES string of the molecule is Cc1ccc(F)cc1NS(=O)(=O)c1ccc(F)cc1C. The van der Waals surface area contributed by atoms with Gasteiger partial charge in [0.05, 0.1) is 10.6 Å². The van der Waals surface area contributed by atoms with E-state index in [1.165, 1.54) is 25.1 Å². The maximum atomic E-state index is 13.2. The van der Waals surface area contributed by atoms with Crippen molar-refractivity contribution in [2.24, 2.45) is 0 Å². The van der Waals surface area contributed by atoms with Crippen molar-refractivity contribution in [2.45, 2.75) is 18.7 Å². The largest absolute Gasteiger partial charge is 0.279 e. The van der Waals surface area contributed by atoms with Gasteiger partial charge in [0.2, 0.25) is 0 Å². The van der Waals surface area contributed by atoms with Crippen LogP contribution >= 0.6 is 0 Å². The van der Waals surface area contributed by atoms with E-state index >= 15 is 0 Å². The van der Waals surface area contributed by atoms with Crippen LogP contribution < -0.4 is 4.72 Å². The lowest BCUT2D eigenvalue weighted by atomic mass is 10.2. The van der Waals surface area contributed by atoms with Crippen LogP contribution in [-0.2, 0) is 10.0 Å². The molecule has 6 heteroatoms. The van der Waals surface area contributed by atoms with Crippen molar-refractivity contribution in [2.75, 3.05) is 4.72 Å². The minimum absolute atomic E-state index is 0.0393. The van der Waals surface area contributed by atoms with E-state index in [-0.39, 0.29) is 16.1 Å². The summed E-state index contributed by atoms with van der Waals surface area (Å²) in [7, 11) is -3.88. The lowest BCUT2D eigenvalue weighted by Gasteiger charge is -2.12. The maximum absolute atomic E-state index is 13.2. The number of nitrogens with one attached hydrogen (secondary N) is 1. The molecule has 0 unspecified atom stereocenters. The summed E-state index contributed by atoms with van der Waals surface area (Å²) in [5.41, 5.74) is 1.04. The van der Waals surface area contributed by atoms with Gasteiger partial charge in [-0.2, -0.15) is 0 Å². The smallest absolute Gasteiger partial charge is 0.262 e. The number of sulfonamides is 1. The van der Waals surface area contributed by atoms with Crippen molar-refractivity contribution in [3.05, 3.63) is 59.2 Å². The molecule has 0 saturated heterocycles. The molecule has 1 N–H and O–H groups in total. The molecule has 0 atom stereocenters. The molecule has 0 aromatic heterocycles. The molecule has 0 spiro atoms. The standard InChI is InChI=1S/C14H13F2NO2S/c1-9-3-4-12(16)8-13(9)17-20(18,19)14-6-5-11(15)7-10(14)2/h3-8,17H,1-2H3. The van der Waals surface area contributed by atoms with Gasteiger partial charge in [0, 0.05) is 0 Å². The van der Waals surface area contributed by atoms with Crippen molar-refractivity contribution in [3.8, 4) is 0 Å². The van der Waals surface area contributed by atoms with Crippen LogP contribution in [0.25, 0.3) is 0 Å². The molecule has 0 aliphatic carbocycles. The molecule has 2 rings (SSSR count). The van der Waals surface area contributed by atoms with Gasteiger partial charge in [0.15, 0.2) is 0 Å². The summed E-state index contributed by atoms with van der Waals surface area (Å²) in [6, 6.07) is 7.21. The van der Waals surface area contributed by atoms with E-state index in [0.717, 1.165) is 18.2 Å². The molecule has 2 aromatic rings. The summed E-state index contributed by atoms with van der Waals surface area (Å²) in [6.07, 6.45) is 0. The van der Waals surface area contributed by atoms with Gasteiger partial charge in [-0.1, -0.05) is 6.07 Å². The van der Waals surface area contributed by atoms with E-state index in [2.05, 4.69) is 4.72 Å². The Bertz CT molecular complexity index is 758. The van der Waals surface area contributed by atoms with Gasteiger partial charge in [-0.05, 0) is 55.3 Å². The lowest BCUT2D eigenvalue weighted by Crippen LogP contribution is -2.15. The predicted octanol–water partition coefficient (Wildman–Crippen LogP) is 3.38. The molecule has 0 aliphatic heterocycles. The summed E-state index contributed by atoms with van der Waals surface area (Å²) in [4.78, 5) is -0.0393. The first-order chi connectivity index (χ1) is 9.29. The maximum Gasteiger partial charge on any atom is 0.262 e. The first-order valence-corrected chi connectivity index (χ1v) is 7.33. The molecule has 106 valence electrons. The van der Waals surface area contributed by atoms with Crippen LogP contribution in [-0.4, -0.2) is 8.42 Å². The number of hydrogen-bond donors (Lipinski definition) is 1. The van der Waals surface area contributed by atoms with Crippen LogP contribution in [0.2, 0.25) is 0 Å². The molecule has 20 heavy (non-hydrogen) atoms. The highest BCUT2D eigenvalue weighted by molar-refractivity contribution is 7.92. The summed E-state index contributed by atoms with van der Waals surface area (Å²) < 4.78 is 53.0. The Kier molecular flexibility index (Phi) is 3.76. The quantitative estimate of drug-likeness (QED) is 0.944. The van der Waals surface area contributed by atoms with Gasteiger partial charge >= 0.3 is 0 Å². The minimum atomic E-state index is -3.88. The highest BCUT2D eigenvalue weighted by Gasteiger charge is 2.18. The molecule has 0 amide bonds. The Morgan fingerprint density at radius 1 is 0.900 bits per heavy atom. The highest BCUT2D eigenvalue weighted by atomic mass is 32.2. The van der Waals surface area contributed by atoms with Crippen molar-refractivity contribution in [3.63, 3.8) is 0 Å². The van der Waals surface area contributed by atoms with E-state index < -0.39 is 21.7 Å². The van der Waals surface area contributed by atoms with Gasteiger partial charge in [-0.25, -0.2) is 17.2 Å². The number of hydrogen-bond acceptors (Lipinski definition) is 2. The highest BCUT2D eigenvalue weighted by Crippen LogP contribution is 2.23. The molecule has 0 heterocycles. The number of aryl methyl sites for hydroxylation is 2. The van der Waals surface area contributed by atoms with E-state index in [1.807, 2.05) is 0 Å². The molecular formula is C14H13F2NO2S. The van der Waals surface area contributed by atoms with Gasteiger partial charge in [0.1, 0.15) is 11.6 Å². The summed E-state index contributed by atoms with van der Waals surface area (Å²) in [5.74, 6) is -1.05. The zero-order valence-electron chi connectivity index (χ0n) is 10.9. The third-order valence-electron chi connectivity index (χ3n) is 2.87. The molecule has 0 saturated carbocycles. The van der Waals surface area contributed by atoms with Gasteiger partial charge in [-0.15, -0.1) is 0 Å². The fourth-order valence-electron chi connectivity index (χ4n) is 1.82. The fourth-order valence-corrected chi connectivity index (χ4v) is 3.17. The number of rotatable bonds is 3. The topological polar surface area (TPSA) is 46.2 Å². The molecular weight excluding hydrogens is 284 g/mol. The average Bonchev–Trinajstić information content (AvgIpc) is 2.33. The normalized spacial score (nSPS) is 11.4. The first-order valence-electron chi connectivity index (χ1n) is 5.85. The van der Waals surface area contributed by atoms with Gasteiger partial charge in [-0.3, -0.25) is 4.72 Å². The summed E-state index contributed by atoms with van der Waals surface area (Å²) in [5, 5.41) is 0. The zero-order chi connectivity index (χ0) is 14.9. The van der Waals surface area contributed by atoms with E-state index in [4.69, 9.17) is 0 Å². The van der Waals surface area contributed by atoms with E-state index in [1.54, 1.807) is 6.92 Å². The Hall–Kier alpha value is -1.95. The average molecular weight is 297 g/mol. The predicted molar refractivity (Wildman–Crippen MR) is 73.1 cm³/mol. The van der Waals surface area contributed by atoms with Crippen molar-refractivity contribution >= 4 is 15.7 Å². The Morgan fingerprint density at radius 3 is 2.15 bits per heavy atom. The van der Waals surface area contributed by atoms with Crippen LogP contribution in [0.1, 0.15) is 11.1 Å². The summed E-state index contributed by atoms with van der Waals surface area (Å²) >= 11 is 0. The van der Waals surface area contributed by atoms with Crippen LogP contribution in [0.3, 0.4) is 0 Å². The van der Waals surface area contributed by atoms with E-state index in [9.17, 15) is 17.2 Å². The monoisotopic (exact) mass is 297 g/mol. The van der Waals surface area contributed by atoms with E-state index in [0.29, 0.717) is 5.56 Å². The third-order valence-corrected chi connectivity index (χ3v) is 4.40. The first kappa shape index (κ1) is 14.5. The van der Waals surface area contributed by atoms with Crippen molar-refractivity contribution in [1.82, 2.24) is 0 Å². The second-order valence-corrected chi connectivity index (χ2v) is 6.13. The van der Waals surface area contributed by atoms with Crippen LogP contribution in [0.4, 0.5) is 14.5 Å². The Balaban J connectivity index is 2.43. The second kappa shape index (κ2) is 5.20.